The van der Waals surface area contributed by atoms with E-state index in [2.05, 4.69) is 6.92 Å². The summed E-state index contributed by atoms with van der Waals surface area (Å²) in [5, 5.41) is 32.4. The second-order valence-corrected chi connectivity index (χ2v) is 4.49. The SMILES string of the molecule is CCC(O)COCOCC(O)CC.CCC1CO1.OCO. The van der Waals surface area contributed by atoms with E-state index < -0.39 is 19.0 Å². The molecule has 0 amide bonds. The Morgan fingerprint density at radius 1 is 1.00 bits per heavy atom. The molecule has 0 aromatic heterocycles. The molecule has 0 aromatic carbocycles. The van der Waals surface area contributed by atoms with Crippen LogP contribution >= 0.6 is 0 Å². The van der Waals surface area contributed by atoms with E-state index in [1.165, 1.54) is 6.42 Å². The molecular formula is C14H32O7. The minimum atomic E-state index is -0.750. The van der Waals surface area contributed by atoms with E-state index in [1.54, 1.807) is 0 Å². The topological polar surface area (TPSA) is 112 Å². The maximum atomic E-state index is 9.08. The van der Waals surface area contributed by atoms with Gasteiger partial charge in [-0.2, -0.15) is 0 Å². The summed E-state index contributed by atoms with van der Waals surface area (Å²) in [4.78, 5) is 0. The number of aliphatic hydroxyl groups excluding tert-OH is 3. The molecule has 3 atom stereocenters. The molecule has 3 unspecified atom stereocenters. The van der Waals surface area contributed by atoms with Gasteiger partial charge in [-0.15, -0.1) is 0 Å². The highest BCUT2D eigenvalue weighted by atomic mass is 16.7. The Balaban J connectivity index is 0. The summed E-state index contributed by atoms with van der Waals surface area (Å²) in [5.74, 6) is 0. The second kappa shape index (κ2) is 17.8. The van der Waals surface area contributed by atoms with Gasteiger partial charge in [-0.05, 0) is 19.3 Å². The monoisotopic (exact) mass is 312 g/mol. The molecule has 0 aliphatic carbocycles. The smallest absolute Gasteiger partial charge is 0.146 e. The van der Waals surface area contributed by atoms with Gasteiger partial charge >= 0.3 is 0 Å². The Bertz CT molecular complexity index is 176. The summed E-state index contributed by atoms with van der Waals surface area (Å²) >= 11 is 0. The lowest BCUT2D eigenvalue weighted by molar-refractivity contribution is -0.0972. The number of epoxide rings is 1. The standard InChI is InChI=1S/C9H20O4.C4H8O.CH4O2/c1-3-8(10)5-12-7-13-6-9(11)4-2;1-2-4-3-5-4;2-1-3/h8-11H,3-7H2,1-2H3;4H,2-3H2,1H3;2-3H,1H2. The largest absolute Gasteiger partial charge is 0.391 e. The molecular weight excluding hydrogens is 280 g/mol. The first kappa shape index (κ1) is 23.0. The normalized spacial score (nSPS) is 18.7. The number of rotatable bonds is 9. The van der Waals surface area contributed by atoms with Gasteiger partial charge < -0.3 is 34.6 Å². The Morgan fingerprint density at radius 3 is 1.57 bits per heavy atom. The summed E-state index contributed by atoms with van der Waals surface area (Å²) in [7, 11) is 0. The van der Waals surface area contributed by atoms with Crippen molar-refractivity contribution in [3.8, 4) is 0 Å². The van der Waals surface area contributed by atoms with E-state index in [0.717, 1.165) is 6.61 Å². The molecule has 130 valence electrons. The second-order valence-electron chi connectivity index (χ2n) is 4.49. The van der Waals surface area contributed by atoms with Crippen LogP contribution in [0, 0.1) is 0 Å². The van der Waals surface area contributed by atoms with Crippen LogP contribution in [-0.2, 0) is 14.2 Å². The first-order valence-corrected chi connectivity index (χ1v) is 7.40. The summed E-state index contributed by atoms with van der Waals surface area (Å²) in [5.41, 5.74) is 0. The zero-order chi connectivity index (χ0) is 16.5. The van der Waals surface area contributed by atoms with Crippen molar-refractivity contribution in [1.82, 2.24) is 0 Å². The van der Waals surface area contributed by atoms with Crippen LogP contribution in [-0.4, -0.2) is 72.1 Å². The molecule has 7 nitrogen and oxygen atoms in total. The van der Waals surface area contributed by atoms with Gasteiger partial charge in [-0.1, -0.05) is 20.8 Å². The molecule has 1 rings (SSSR count). The number of aliphatic hydroxyl groups is 4. The highest BCUT2D eigenvalue weighted by Crippen LogP contribution is 2.10. The van der Waals surface area contributed by atoms with Crippen molar-refractivity contribution < 1.29 is 34.6 Å². The van der Waals surface area contributed by atoms with Crippen molar-refractivity contribution >= 4 is 0 Å². The lowest BCUT2D eigenvalue weighted by atomic mass is 10.3. The maximum absolute atomic E-state index is 9.08. The predicted molar refractivity (Wildman–Crippen MR) is 78.7 cm³/mol. The first-order chi connectivity index (χ1) is 10.0. The summed E-state index contributed by atoms with van der Waals surface area (Å²) < 4.78 is 14.9. The van der Waals surface area contributed by atoms with Crippen LogP contribution in [0.3, 0.4) is 0 Å². The van der Waals surface area contributed by atoms with E-state index in [-0.39, 0.29) is 6.79 Å². The number of ether oxygens (including phenoxy) is 3. The number of hydrogen-bond acceptors (Lipinski definition) is 7. The Hall–Kier alpha value is -0.280. The molecule has 1 heterocycles. The molecule has 1 aliphatic heterocycles. The molecule has 4 N–H and O–H groups in total. The molecule has 1 saturated heterocycles. The maximum Gasteiger partial charge on any atom is 0.146 e. The molecule has 7 heteroatoms. The van der Waals surface area contributed by atoms with E-state index in [1.807, 2.05) is 13.8 Å². The van der Waals surface area contributed by atoms with Crippen LogP contribution in [0.4, 0.5) is 0 Å². The van der Waals surface area contributed by atoms with Gasteiger partial charge in [0.05, 0.1) is 38.1 Å². The minimum Gasteiger partial charge on any atom is -0.391 e. The van der Waals surface area contributed by atoms with E-state index in [9.17, 15) is 0 Å². The summed E-state index contributed by atoms with van der Waals surface area (Å²) in [6, 6.07) is 0. The minimum absolute atomic E-state index is 0.133. The van der Waals surface area contributed by atoms with Crippen molar-refractivity contribution in [3.05, 3.63) is 0 Å². The van der Waals surface area contributed by atoms with Crippen LogP contribution in [0.25, 0.3) is 0 Å². The molecule has 0 bridgehead atoms. The highest BCUT2D eigenvalue weighted by molar-refractivity contribution is 4.64. The molecule has 1 fully saturated rings. The Morgan fingerprint density at radius 2 is 1.38 bits per heavy atom. The predicted octanol–water partition coefficient (Wildman–Crippen LogP) is 0.243. The third-order valence-corrected chi connectivity index (χ3v) is 2.59. The average molecular weight is 312 g/mol. The van der Waals surface area contributed by atoms with Gasteiger partial charge in [-0.25, -0.2) is 0 Å². The first-order valence-electron chi connectivity index (χ1n) is 7.40. The zero-order valence-corrected chi connectivity index (χ0v) is 13.4. The van der Waals surface area contributed by atoms with Crippen molar-refractivity contribution in [2.24, 2.45) is 0 Å². The van der Waals surface area contributed by atoms with Crippen LogP contribution in [0.1, 0.15) is 40.0 Å². The lowest BCUT2D eigenvalue weighted by Gasteiger charge is -2.11. The van der Waals surface area contributed by atoms with Crippen LogP contribution in [0.15, 0.2) is 0 Å². The van der Waals surface area contributed by atoms with Gasteiger partial charge in [0.15, 0.2) is 0 Å². The number of hydrogen-bond donors (Lipinski definition) is 4. The van der Waals surface area contributed by atoms with E-state index in [4.69, 9.17) is 34.6 Å². The highest BCUT2D eigenvalue weighted by Gasteiger charge is 2.18. The zero-order valence-electron chi connectivity index (χ0n) is 13.4. The van der Waals surface area contributed by atoms with E-state index >= 15 is 0 Å². The fourth-order valence-corrected chi connectivity index (χ4v) is 0.967. The van der Waals surface area contributed by atoms with Crippen molar-refractivity contribution in [2.45, 2.75) is 58.3 Å². The van der Waals surface area contributed by atoms with Crippen molar-refractivity contribution in [2.75, 3.05) is 33.4 Å². The Kier molecular flexibility index (Phi) is 19.5. The van der Waals surface area contributed by atoms with Crippen LogP contribution in [0.2, 0.25) is 0 Å². The van der Waals surface area contributed by atoms with Gasteiger partial charge in [0.1, 0.15) is 13.6 Å². The average Bonchev–Trinajstić information content (AvgIpc) is 3.32. The van der Waals surface area contributed by atoms with Gasteiger partial charge in [0.2, 0.25) is 0 Å². The quantitative estimate of drug-likeness (QED) is 0.274. The van der Waals surface area contributed by atoms with Crippen LogP contribution < -0.4 is 0 Å². The molecule has 21 heavy (non-hydrogen) atoms. The fourth-order valence-electron chi connectivity index (χ4n) is 0.967. The molecule has 0 saturated carbocycles. The van der Waals surface area contributed by atoms with E-state index in [0.29, 0.717) is 32.2 Å². The summed E-state index contributed by atoms with van der Waals surface area (Å²) in [6.45, 7) is 6.88. The van der Waals surface area contributed by atoms with Crippen molar-refractivity contribution in [1.29, 1.82) is 0 Å². The molecule has 0 aromatic rings. The van der Waals surface area contributed by atoms with Crippen LogP contribution in [0.5, 0.6) is 0 Å². The molecule has 0 radical (unpaired) electrons. The third-order valence-electron chi connectivity index (χ3n) is 2.59. The van der Waals surface area contributed by atoms with Gasteiger partial charge in [0.25, 0.3) is 0 Å². The lowest BCUT2D eigenvalue weighted by Crippen LogP contribution is -2.18. The summed E-state index contributed by atoms with van der Waals surface area (Å²) in [6.07, 6.45) is 2.35. The van der Waals surface area contributed by atoms with Gasteiger partial charge in [-0.3, -0.25) is 0 Å². The fraction of sp³-hybridized carbons (Fsp3) is 1.00. The Labute approximate surface area is 127 Å². The van der Waals surface area contributed by atoms with Crippen molar-refractivity contribution in [3.63, 3.8) is 0 Å². The molecule has 1 aliphatic rings. The van der Waals surface area contributed by atoms with Gasteiger partial charge in [0, 0.05) is 0 Å². The third kappa shape index (κ3) is 22.1. The molecule has 0 spiro atoms.